The van der Waals surface area contributed by atoms with Crippen LogP contribution in [-0.4, -0.2) is 16.7 Å². The Labute approximate surface area is 129 Å². The standard InChI is InChI=1S/C17H18N4O/c1-13-7-8-15(12-20-13)19-10-9-16(18)21-17(22)11-14-5-3-2-4-6-14/h2-10,12,19H,11H2,1H3,(H2,18,21,22)/b10-9-. The van der Waals surface area contributed by atoms with Crippen LogP contribution in [0, 0.1) is 6.92 Å². The van der Waals surface area contributed by atoms with Crippen molar-refractivity contribution < 1.29 is 4.79 Å². The van der Waals surface area contributed by atoms with Crippen molar-refractivity contribution >= 4 is 17.4 Å². The second-order valence-corrected chi connectivity index (χ2v) is 4.76. The van der Waals surface area contributed by atoms with E-state index in [0.29, 0.717) is 0 Å². The van der Waals surface area contributed by atoms with Crippen molar-refractivity contribution in [3.8, 4) is 0 Å². The van der Waals surface area contributed by atoms with Gasteiger partial charge in [0.05, 0.1) is 18.3 Å². The molecule has 1 amide bonds. The largest absolute Gasteiger partial charge is 0.384 e. The molecule has 0 saturated carbocycles. The van der Waals surface area contributed by atoms with Crippen LogP contribution in [0.15, 0.2) is 65.9 Å². The van der Waals surface area contributed by atoms with Crippen molar-refractivity contribution in [1.29, 1.82) is 0 Å². The number of hydrogen-bond donors (Lipinski definition) is 2. The zero-order valence-corrected chi connectivity index (χ0v) is 12.4. The fourth-order valence-electron chi connectivity index (χ4n) is 1.77. The summed E-state index contributed by atoms with van der Waals surface area (Å²) in [6, 6.07) is 13.2. The number of pyridine rings is 1. The SMILES string of the molecule is Cc1ccc(N/C=C\C(N)=NC(=O)Cc2ccccc2)cn1. The number of hydrogen-bond acceptors (Lipinski definition) is 3. The van der Waals surface area contributed by atoms with E-state index >= 15 is 0 Å². The van der Waals surface area contributed by atoms with Gasteiger partial charge in [-0.3, -0.25) is 9.78 Å². The highest BCUT2D eigenvalue weighted by Crippen LogP contribution is 2.05. The van der Waals surface area contributed by atoms with E-state index in [9.17, 15) is 4.79 Å². The second kappa shape index (κ2) is 7.73. The number of amides is 1. The fourth-order valence-corrected chi connectivity index (χ4v) is 1.77. The first-order valence-corrected chi connectivity index (χ1v) is 6.90. The molecule has 0 atom stereocenters. The summed E-state index contributed by atoms with van der Waals surface area (Å²) < 4.78 is 0. The Morgan fingerprint density at radius 3 is 2.73 bits per heavy atom. The van der Waals surface area contributed by atoms with Crippen molar-refractivity contribution in [3.05, 3.63) is 72.2 Å². The minimum atomic E-state index is -0.273. The summed E-state index contributed by atoms with van der Waals surface area (Å²) in [4.78, 5) is 19.8. The number of rotatable bonds is 5. The molecule has 0 bridgehead atoms. The van der Waals surface area contributed by atoms with Crippen molar-refractivity contribution in [1.82, 2.24) is 4.98 Å². The summed E-state index contributed by atoms with van der Waals surface area (Å²) in [6.07, 6.45) is 5.13. The highest BCUT2D eigenvalue weighted by molar-refractivity contribution is 6.00. The van der Waals surface area contributed by atoms with Crippen LogP contribution in [-0.2, 0) is 11.2 Å². The molecule has 0 radical (unpaired) electrons. The van der Waals surface area contributed by atoms with Crippen LogP contribution in [0.5, 0.6) is 0 Å². The number of amidine groups is 1. The van der Waals surface area contributed by atoms with Gasteiger partial charge in [0, 0.05) is 11.9 Å². The molecule has 0 aliphatic heterocycles. The summed E-state index contributed by atoms with van der Waals surface area (Å²) in [7, 11) is 0. The van der Waals surface area contributed by atoms with Gasteiger partial charge in [-0.25, -0.2) is 0 Å². The third-order valence-corrected chi connectivity index (χ3v) is 2.87. The van der Waals surface area contributed by atoms with Gasteiger partial charge in [0.2, 0.25) is 0 Å². The van der Waals surface area contributed by atoms with Crippen LogP contribution in [0.25, 0.3) is 0 Å². The van der Waals surface area contributed by atoms with Crippen molar-refractivity contribution in [2.45, 2.75) is 13.3 Å². The number of aliphatic imine (C=N–C) groups is 1. The Morgan fingerprint density at radius 1 is 1.27 bits per heavy atom. The predicted molar refractivity (Wildman–Crippen MR) is 88.5 cm³/mol. The number of nitrogens with one attached hydrogen (secondary N) is 1. The summed E-state index contributed by atoms with van der Waals surface area (Å²) in [5, 5.41) is 3.01. The minimum absolute atomic E-state index is 0.161. The van der Waals surface area contributed by atoms with Crippen molar-refractivity contribution in [3.63, 3.8) is 0 Å². The third kappa shape index (κ3) is 5.20. The van der Waals surface area contributed by atoms with Gasteiger partial charge in [0.1, 0.15) is 5.84 Å². The lowest BCUT2D eigenvalue weighted by Crippen LogP contribution is -2.12. The lowest BCUT2D eigenvalue weighted by molar-refractivity contribution is -0.117. The average Bonchev–Trinajstić information content (AvgIpc) is 2.50. The van der Waals surface area contributed by atoms with Crippen LogP contribution in [0.1, 0.15) is 11.3 Å². The van der Waals surface area contributed by atoms with Gasteiger partial charge in [0.15, 0.2) is 0 Å². The Kier molecular flexibility index (Phi) is 5.43. The highest BCUT2D eigenvalue weighted by Gasteiger charge is 2.01. The van der Waals surface area contributed by atoms with Gasteiger partial charge in [-0.05, 0) is 30.7 Å². The molecule has 0 unspecified atom stereocenters. The second-order valence-electron chi connectivity index (χ2n) is 4.76. The van der Waals surface area contributed by atoms with Gasteiger partial charge in [-0.1, -0.05) is 30.3 Å². The smallest absolute Gasteiger partial charge is 0.252 e. The molecule has 112 valence electrons. The Morgan fingerprint density at radius 2 is 2.05 bits per heavy atom. The van der Waals surface area contributed by atoms with E-state index in [1.165, 1.54) is 0 Å². The fraction of sp³-hybridized carbons (Fsp3) is 0.118. The molecule has 1 heterocycles. The minimum Gasteiger partial charge on any atom is -0.384 e. The summed E-state index contributed by atoms with van der Waals surface area (Å²) in [5.74, 6) is -0.112. The van der Waals surface area contributed by atoms with Gasteiger partial charge >= 0.3 is 0 Å². The number of aromatic nitrogens is 1. The molecule has 5 nitrogen and oxygen atoms in total. The number of nitrogens with two attached hydrogens (primary N) is 1. The molecule has 5 heteroatoms. The molecule has 0 saturated heterocycles. The number of carbonyl (C=O) groups excluding carboxylic acids is 1. The van der Waals surface area contributed by atoms with E-state index in [0.717, 1.165) is 16.9 Å². The first kappa shape index (κ1) is 15.4. The van der Waals surface area contributed by atoms with Crippen LogP contribution in [0.4, 0.5) is 5.69 Å². The molecule has 0 aliphatic rings. The molecule has 0 aliphatic carbocycles. The van der Waals surface area contributed by atoms with Gasteiger partial charge < -0.3 is 11.1 Å². The van der Waals surface area contributed by atoms with Gasteiger partial charge in [0.25, 0.3) is 5.91 Å². The lowest BCUT2D eigenvalue weighted by Gasteiger charge is -2.00. The van der Waals surface area contributed by atoms with Crippen molar-refractivity contribution in [2.75, 3.05) is 5.32 Å². The van der Waals surface area contributed by atoms with E-state index in [1.807, 2.05) is 49.4 Å². The Balaban J connectivity index is 1.87. The number of aryl methyl sites for hydroxylation is 1. The van der Waals surface area contributed by atoms with Gasteiger partial charge in [-0.2, -0.15) is 4.99 Å². The Bertz CT molecular complexity index is 676. The highest BCUT2D eigenvalue weighted by atomic mass is 16.1. The van der Waals surface area contributed by atoms with E-state index < -0.39 is 0 Å². The number of benzene rings is 1. The molecular weight excluding hydrogens is 276 g/mol. The zero-order valence-electron chi connectivity index (χ0n) is 12.4. The molecule has 3 N–H and O–H groups in total. The first-order chi connectivity index (χ1) is 10.6. The van der Waals surface area contributed by atoms with Crippen molar-refractivity contribution in [2.24, 2.45) is 10.7 Å². The topological polar surface area (TPSA) is 80.4 Å². The first-order valence-electron chi connectivity index (χ1n) is 6.90. The maximum absolute atomic E-state index is 11.8. The number of anilines is 1. The molecule has 1 aromatic carbocycles. The van der Waals surface area contributed by atoms with E-state index in [-0.39, 0.29) is 18.2 Å². The van der Waals surface area contributed by atoms with Crippen LogP contribution < -0.4 is 11.1 Å². The summed E-state index contributed by atoms with van der Waals surface area (Å²) in [5.41, 5.74) is 8.40. The van der Waals surface area contributed by atoms with E-state index in [4.69, 9.17) is 5.73 Å². The van der Waals surface area contributed by atoms with Crippen LogP contribution >= 0.6 is 0 Å². The van der Waals surface area contributed by atoms with Gasteiger partial charge in [-0.15, -0.1) is 0 Å². The molecule has 1 aromatic heterocycles. The molecular formula is C17H18N4O. The third-order valence-electron chi connectivity index (χ3n) is 2.87. The summed E-state index contributed by atoms with van der Waals surface area (Å²) >= 11 is 0. The molecule has 22 heavy (non-hydrogen) atoms. The van der Waals surface area contributed by atoms with E-state index in [2.05, 4.69) is 15.3 Å². The summed E-state index contributed by atoms with van der Waals surface area (Å²) in [6.45, 7) is 1.92. The van der Waals surface area contributed by atoms with Crippen LogP contribution in [0.3, 0.4) is 0 Å². The molecule has 0 spiro atoms. The number of carbonyl (C=O) groups is 1. The van der Waals surface area contributed by atoms with Crippen LogP contribution in [0.2, 0.25) is 0 Å². The Hall–Kier alpha value is -2.95. The average molecular weight is 294 g/mol. The predicted octanol–water partition coefficient (Wildman–Crippen LogP) is 2.44. The zero-order chi connectivity index (χ0) is 15.8. The normalized spacial score (nSPS) is 11.6. The van der Waals surface area contributed by atoms with E-state index in [1.54, 1.807) is 18.5 Å². The maximum Gasteiger partial charge on any atom is 0.252 e. The molecule has 0 fully saturated rings. The number of nitrogens with zero attached hydrogens (tertiary/aromatic N) is 2. The quantitative estimate of drug-likeness (QED) is 0.655. The maximum atomic E-state index is 11.8. The molecule has 2 rings (SSSR count). The lowest BCUT2D eigenvalue weighted by atomic mass is 10.1. The monoisotopic (exact) mass is 294 g/mol. The molecule has 2 aromatic rings.